The lowest BCUT2D eigenvalue weighted by atomic mass is 10.2. The second kappa shape index (κ2) is 8.17. The number of halogens is 2. The molecule has 0 saturated heterocycles. The Balaban J connectivity index is 1.84. The fourth-order valence-electron chi connectivity index (χ4n) is 2.42. The zero-order chi connectivity index (χ0) is 18.5. The lowest BCUT2D eigenvalue weighted by Crippen LogP contribution is -2.31. The van der Waals surface area contributed by atoms with Gasteiger partial charge in [-0.3, -0.25) is 4.79 Å². The summed E-state index contributed by atoms with van der Waals surface area (Å²) in [7, 11) is 0. The monoisotopic (exact) mass is 387 g/mol. The highest BCUT2D eigenvalue weighted by Crippen LogP contribution is 2.26. The summed E-state index contributed by atoms with van der Waals surface area (Å²) in [6.07, 6.45) is 1.61. The lowest BCUT2D eigenvalue weighted by Gasteiger charge is -2.20. The third-order valence-corrected chi connectivity index (χ3v) is 4.27. The zero-order valence-electron chi connectivity index (χ0n) is 13.7. The molecule has 3 aromatic rings. The van der Waals surface area contributed by atoms with E-state index in [0.29, 0.717) is 11.7 Å². The molecule has 3 rings (SSSR count). The van der Waals surface area contributed by atoms with Gasteiger partial charge in [-0.2, -0.15) is 4.98 Å². The van der Waals surface area contributed by atoms with Crippen LogP contribution in [-0.2, 0) is 6.54 Å². The number of amides is 1. The zero-order valence-corrected chi connectivity index (χ0v) is 15.2. The molecule has 0 unspecified atom stereocenters. The van der Waals surface area contributed by atoms with Gasteiger partial charge in [0, 0.05) is 12.1 Å². The second-order valence-corrected chi connectivity index (χ2v) is 6.26. The largest absolute Gasteiger partial charge is 0.337 e. The van der Waals surface area contributed by atoms with E-state index < -0.39 is 0 Å². The summed E-state index contributed by atoms with van der Waals surface area (Å²) in [5.41, 5.74) is 1.07. The summed E-state index contributed by atoms with van der Waals surface area (Å²) in [5, 5.41) is 4.53. The van der Waals surface area contributed by atoms with E-state index in [1.165, 1.54) is 4.90 Å². The summed E-state index contributed by atoms with van der Waals surface area (Å²) >= 11 is 12.3. The van der Waals surface area contributed by atoms with Crippen LogP contribution < -0.4 is 0 Å². The number of rotatable bonds is 6. The Morgan fingerprint density at radius 3 is 2.46 bits per heavy atom. The molecule has 0 saturated carbocycles. The first-order valence-electron chi connectivity index (χ1n) is 7.82. The molecule has 1 heterocycles. The molecule has 2 aromatic carbocycles. The van der Waals surface area contributed by atoms with Crippen LogP contribution in [0.1, 0.15) is 16.2 Å². The maximum absolute atomic E-state index is 12.9. The van der Waals surface area contributed by atoms with Crippen molar-refractivity contribution in [2.45, 2.75) is 6.54 Å². The van der Waals surface area contributed by atoms with Gasteiger partial charge in [-0.1, -0.05) is 70.8 Å². The third kappa shape index (κ3) is 3.95. The maximum atomic E-state index is 12.9. The molecule has 1 aromatic heterocycles. The molecule has 0 fully saturated rings. The van der Waals surface area contributed by atoms with Gasteiger partial charge in [-0.05, 0) is 12.1 Å². The fourth-order valence-corrected chi connectivity index (χ4v) is 2.98. The fraction of sp³-hybridized carbons (Fsp3) is 0.105. The standard InChI is InChI=1S/C19H15Cl2N3O2/c1-2-11-24(19(25)17-14(20)9-6-10-15(17)21)12-16-22-18(23-26-16)13-7-4-3-5-8-13/h2-10H,1,11-12H2. The van der Waals surface area contributed by atoms with Crippen molar-refractivity contribution in [2.75, 3.05) is 6.54 Å². The number of carbonyl (C=O) groups is 1. The maximum Gasteiger partial charge on any atom is 0.257 e. The average Bonchev–Trinajstić information content (AvgIpc) is 3.10. The normalized spacial score (nSPS) is 10.5. The van der Waals surface area contributed by atoms with Crippen molar-refractivity contribution in [3.63, 3.8) is 0 Å². The van der Waals surface area contributed by atoms with Crippen LogP contribution in [0.2, 0.25) is 10.0 Å². The Bertz CT molecular complexity index is 905. The molecule has 26 heavy (non-hydrogen) atoms. The predicted molar refractivity (Wildman–Crippen MR) is 101 cm³/mol. The molecule has 7 heteroatoms. The summed E-state index contributed by atoms with van der Waals surface area (Å²) < 4.78 is 5.29. The molecular formula is C19H15Cl2N3O2. The van der Waals surface area contributed by atoms with Crippen molar-refractivity contribution < 1.29 is 9.32 Å². The van der Waals surface area contributed by atoms with Gasteiger partial charge in [0.05, 0.1) is 15.6 Å². The quantitative estimate of drug-likeness (QED) is 0.566. The summed E-state index contributed by atoms with van der Waals surface area (Å²) in [4.78, 5) is 18.7. The van der Waals surface area contributed by atoms with E-state index in [4.69, 9.17) is 27.7 Å². The van der Waals surface area contributed by atoms with Gasteiger partial charge < -0.3 is 9.42 Å². The molecule has 0 spiro atoms. The van der Waals surface area contributed by atoms with Crippen LogP contribution >= 0.6 is 23.2 Å². The molecule has 0 bridgehead atoms. The Morgan fingerprint density at radius 2 is 1.81 bits per heavy atom. The van der Waals surface area contributed by atoms with E-state index in [2.05, 4.69) is 16.7 Å². The highest BCUT2D eigenvalue weighted by atomic mass is 35.5. The Kier molecular flexibility index (Phi) is 5.71. The van der Waals surface area contributed by atoms with E-state index in [9.17, 15) is 4.79 Å². The lowest BCUT2D eigenvalue weighted by molar-refractivity contribution is 0.0746. The number of carbonyl (C=O) groups excluding carboxylic acids is 1. The molecule has 5 nitrogen and oxygen atoms in total. The van der Waals surface area contributed by atoms with Crippen molar-refractivity contribution in [2.24, 2.45) is 0 Å². The molecule has 0 radical (unpaired) electrons. The Hall–Kier alpha value is -2.63. The summed E-state index contributed by atoms with van der Waals surface area (Å²) in [6.45, 7) is 4.09. The van der Waals surface area contributed by atoms with E-state index in [0.717, 1.165) is 5.56 Å². The van der Waals surface area contributed by atoms with Crippen LogP contribution in [0.15, 0.2) is 65.7 Å². The first kappa shape index (κ1) is 18.2. The highest BCUT2D eigenvalue weighted by Gasteiger charge is 2.22. The molecule has 0 aliphatic heterocycles. The molecular weight excluding hydrogens is 373 g/mol. The van der Waals surface area contributed by atoms with Crippen molar-refractivity contribution in [3.05, 3.63) is 82.7 Å². The van der Waals surface area contributed by atoms with Gasteiger partial charge in [-0.25, -0.2) is 0 Å². The molecule has 0 aliphatic rings. The van der Waals surface area contributed by atoms with Crippen LogP contribution in [0, 0.1) is 0 Å². The minimum Gasteiger partial charge on any atom is -0.337 e. The van der Waals surface area contributed by atoms with Crippen molar-refractivity contribution in [3.8, 4) is 11.4 Å². The number of hydrogen-bond donors (Lipinski definition) is 0. The van der Waals surface area contributed by atoms with Gasteiger partial charge in [-0.15, -0.1) is 6.58 Å². The highest BCUT2D eigenvalue weighted by molar-refractivity contribution is 6.39. The minimum absolute atomic E-state index is 0.117. The van der Waals surface area contributed by atoms with E-state index in [1.54, 1.807) is 24.3 Å². The summed E-state index contributed by atoms with van der Waals surface area (Å²) in [6, 6.07) is 14.4. The van der Waals surface area contributed by atoms with Crippen LogP contribution in [0.4, 0.5) is 0 Å². The van der Waals surface area contributed by atoms with Crippen molar-refractivity contribution in [1.29, 1.82) is 0 Å². The number of aromatic nitrogens is 2. The topological polar surface area (TPSA) is 59.2 Å². The molecule has 132 valence electrons. The average molecular weight is 388 g/mol. The van der Waals surface area contributed by atoms with Gasteiger partial charge in [0.25, 0.3) is 5.91 Å². The van der Waals surface area contributed by atoms with Gasteiger partial charge in [0.15, 0.2) is 0 Å². The first-order chi connectivity index (χ1) is 12.6. The van der Waals surface area contributed by atoms with Crippen molar-refractivity contribution >= 4 is 29.1 Å². The van der Waals surface area contributed by atoms with Crippen LogP contribution in [-0.4, -0.2) is 27.5 Å². The summed E-state index contributed by atoms with van der Waals surface area (Å²) in [5.74, 6) is 0.435. The van der Waals surface area contributed by atoms with E-state index in [-0.39, 0.29) is 34.6 Å². The Morgan fingerprint density at radius 1 is 1.12 bits per heavy atom. The molecule has 0 aliphatic carbocycles. The molecule has 0 N–H and O–H groups in total. The third-order valence-electron chi connectivity index (χ3n) is 3.64. The predicted octanol–water partition coefficient (Wildman–Crippen LogP) is 4.87. The second-order valence-electron chi connectivity index (χ2n) is 5.45. The van der Waals surface area contributed by atoms with E-state index >= 15 is 0 Å². The van der Waals surface area contributed by atoms with Crippen LogP contribution in [0.3, 0.4) is 0 Å². The van der Waals surface area contributed by atoms with Crippen LogP contribution in [0.25, 0.3) is 11.4 Å². The number of benzene rings is 2. The Labute approximate surface area is 160 Å². The first-order valence-corrected chi connectivity index (χ1v) is 8.58. The number of nitrogens with zero attached hydrogens (tertiary/aromatic N) is 3. The smallest absolute Gasteiger partial charge is 0.257 e. The van der Waals surface area contributed by atoms with Gasteiger partial charge >= 0.3 is 0 Å². The number of hydrogen-bond acceptors (Lipinski definition) is 4. The van der Waals surface area contributed by atoms with Gasteiger partial charge in [0.1, 0.15) is 6.54 Å². The minimum atomic E-state index is -0.333. The van der Waals surface area contributed by atoms with Crippen molar-refractivity contribution in [1.82, 2.24) is 15.0 Å². The van der Waals surface area contributed by atoms with Crippen LogP contribution in [0.5, 0.6) is 0 Å². The van der Waals surface area contributed by atoms with E-state index in [1.807, 2.05) is 30.3 Å². The SMILES string of the molecule is C=CCN(Cc1nc(-c2ccccc2)no1)C(=O)c1c(Cl)cccc1Cl. The molecule has 1 amide bonds. The molecule has 0 atom stereocenters. The van der Waals surface area contributed by atoms with Gasteiger partial charge in [0.2, 0.25) is 11.7 Å².